The van der Waals surface area contributed by atoms with Gasteiger partial charge in [-0.1, -0.05) is 54.1 Å². The Balaban J connectivity index is 1.57. The fourth-order valence-corrected chi connectivity index (χ4v) is 4.17. The van der Waals surface area contributed by atoms with Crippen molar-refractivity contribution in [1.29, 1.82) is 0 Å². The van der Waals surface area contributed by atoms with Gasteiger partial charge in [-0.2, -0.15) is 0 Å². The average Bonchev–Trinajstić information content (AvgIpc) is 2.67. The second kappa shape index (κ2) is 8.73. The highest BCUT2D eigenvalue weighted by atomic mass is 35.5. The lowest BCUT2D eigenvalue weighted by atomic mass is 9.99. The Morgan fingerprint density at radius 1 is 1.00 bits per heavy atom. The van der Waals surface area contributed by atoms with Crippen molar-refractivity contribution < 1.29 is 13.2 Å². The predicted molar refractivity (Wildman–Crippen MR) is 112 cm³/mol. The number of hydrogen-bond donors (Lipinski definition) is 2. The summed E-state index contributed by atoms with van der Waals surface area (Å²) in [4.78, 5) is 12.4. The van der Waals surface area contributed by atoms with E-state index in [1.54, 1.807) is 0 Å². The topological polar surface area (TPSA) is 75.3 Å². The van der Waals surface area contributed by atoms with Crippen LogP contribution in [0.1, 0.15) is 24.9 Å². The maximum atomic E-state index is 12.3. The maximum absolute atomic E-state index is 12.3. The molecular weight excluding hydrogens is 396 g/mol. The molecule has 7 heteroatoms. The Morgan fingerprint density at radius 3 is 2.43 bits per heavy atom. The number of halogens is 1. The van der Waals surface area contributed by atoms with Gasteiger partial charge in [-0.3, -0.25) is 4.79 Å². The van der Waals surface area contributed by atoms with Gasteiger partial charge in [-0.05, 0) is 47.5 Å². The van der Waals surface area contributed by atoms with E-state index in [0.29, 0.717) is 5.02 Å². The largest absolute Gasteiger partial charge is 0.350 e. The van der Waals surface area contributed by atoms with E-state index in [1.807, 2.05) is 49.4 Å². The Bertz CT molecular complexity index is 1080. The lowest BCUT2D eigenvalue weighted by Gasteiger charge is -2.17. The highest BCUT2D eigenvalue weighted by Gasteiger charge is 2.16. The van der Waals surface area contributed by atoms with Crippen molar-refractivity contribution in [2.75, 3.05) is 6.54 Å². The number of fused-ring (bicyclic) bond motifs is 1. The molecule has 0 aromatic heterocycles. The van der Waals surface area contributed by atoms with Crippen LogP contribution in [0.3, 0.4) is 0 Å². The molecule has 0 aliphatic carbocycles. The Kier molecular flexibility index (Phi) is 6.34. The number of carbonyl (C=O) groups is 1. The Morgan fingerprint density at radius 2 is 1.68 bits per heavy atom. The van der Waals surface area contributed by atoms with E-state index in [1.165, 1.54) is 24.3 Å². The summed E-state index contributed by atoms with van der Waals surface area (Å²) in [7, 11) is -3.67. The van der Waals surface area contributed by atoms with Gasteiger partial charge in [0.2, 0.25) is 15.9 Å². The second-order valence-corrected chi connectivity index (χ2v) is 8.66. The first kappa shape index (κ1) is 20.3. The summed E-state index contributed by atoms with van der Waals surface area (Å²) in [6, 6.07) is 19.6. The molecule has 3 aromatic rings. The van der Waals surface area contributed by atoms with Gasteiger partial charge in [0.05, 0.1) is 10.9 Å². The first-order valence-electron chi connectivity index (χ1n) is 8.89. The first-order valence-corrected chi connectivity index (χ1v) is 10.8. The number of benzene rings is 3. The number of carbonyl (C=O) groups excluding carboxylic acids is 1. The summed E-state index contributed by atoms with van der Waals surface area (Å²) in [5.41, 5.74) is 1.02. The molecule has 0 aliphatic heterocycles. The van der Waals surface area contributed by atoms with Crippen molar-refractivity contribution in [3.8, 4) is 0 Å². The molecule has 2 N–H and O–H groups in total. The van der Waals surface area contributed by atoms with Gasteiger partial charge in [0.15, 0.2) is 0 Å². The van der Waals surface area contributed by atoms with Crippen LogP contribution in [0.5, 0.6) is 0 Å². The molecule has 0 fully saturated rings. The summed E-state index contributed by atoms with van der Waals surface area (Å²) in [6.45, 7) is 1.93. The van der Waals surface area contributed by atoms with E-state index in [4.69, 9.17) is 11.6 Å². The summed E-state index contributed by atoms with van der Waals surface area (Å²) in [6.07, 6.45) is 0.0436. The summed E-state index contributed by atoms with van der Waals surface area (Å²) >= 11 is 5.77. The van der Waals surface area contributed by atoms with Crippen molar-refractivity contribution in [3.05, 3.63) is 77.3 Å². The molecule has 0 aliphatic rings. The van der Waals surface area contributed by atoms with Crippen LogP contribution < -0.4 is 10.0 Å². The number of nitrogens with one attached hydrogen (secondary N) is 2. The van der Waals surface area contributed by atoms with Crippen molar-refractivity contribution >= 4 is 38.3 Å². The molecule has 1 atom stereocenters. The third-order valence-electron chi connectivity index (χ3n) is 4.44. The standard InChI is InChI=1S/C21H21ClN2O3S/c1-15(19-8-4-6-16-5-2-3-7-20(16)19)24-21(25)13-14-23-28(26,27)18-11-9-17(22)10-12-18/h2-12,15,23H,13-14H2,1H3,(H,24,25). The van der Waals surface area contributed by atoms with Crippen LogP contribution in [0, 0.1) is 0 Å². The van der Waals surface area contributed by atoms with E-state index < -0.39 is 10.0 Å². The normalized spacial score (nSPS) is 12.6. The monoisotopic (exact) mass is 416 g/mol. The van der Waals surface area contributed by atoms with Crippen molar-refractivity contribution in [1.82, 2.24) is 10.0 Å². The van der Waals surface area contributed by atoms with Gasteiger partial charge in [-0.15, -0.1) is 0 Å². The zero-order chi connectivity index (χ0) is 20.1. The minimum absolute atomic E-state index is 0.0129. The molecular formula is C21H21ClN2O3S. The molecule has 0 bridgehead atoms. The molecule has 146 valence electrons. The van der Waals surface area contributed by atoms with E-state index in [2.05, 4.69) is 10.0 Å². The fourth-order valence-electron chi connectivity index (χ4n) is 3.02. The lowest BCUT2D eigenvalue weighted by molar-refractivity contribution is -0.121. The predicted octanol–water partition coefficient (Wildman–Crippen LogP) is 4.04. The highest BCUT2D eigenvalue weighted by molar-refractivity contribution is 7.89. The molecule has 3 rings (SSSR count). The van der Waals surface area contributed by atoms with E-state index in [9.17, 15) is 13.2 Å². The van der Waals surface area contributed by atoms with E-state index in [0.717, 1.165) is 16.3 Å². The summed E-state index contributed by atoms with van der Waals surface area (Å²) < 4.78 is 26.9. The van der Waals surface area contributed by atoms with Crippen LogP contribution in [0.2, 0.25) is 5.02 Å². The third-order valence-corrected chi connectivity index (χ3v) is 6.16. The van der Waals surface area contributed by atoms with E-state index in [-0.39, 0.29) is 29.8 Å². The number of hydrogen-bond acceptors (Lipinski definition) is 3. The van der Waals surface area contributed by atoms with Crippen LogP contribution in [0.25, 0.3) is 10.8 Å². The zero-order valence-electron chi connectivity index (χ0n) is 15.4. The van der Waals surface area contributed by atoms with Gasteiger partial charge in [-0.25, -0.2) is 13.1 Å². The molecule has 0 saturated heterocycles. The molecule has 5 nitrogen and oxygen atoms in total. The number of sulfonamides is 1. The van der Waals surface area contributed by atoms with Gasteiger partial charge in [0.25, 0.3) is 0 Å². The second-order valence-electron chi connectivity index (χ2n) is 6.46. The Hall–Kier alpha value is -2.41. The van der Waals surface area contributed by atoms with Crippen molar-refractivity contribution in [2.24, 2.45) is 0 Å². The smallest absolute Gasteiger partial charge is 0.240 e. The lowest BCUT2D eigenvalue weighted by Crippen LogP contribution is -2.32. The minimum atomic E-state index is -3.67. The van der Waals surface area contributed by atoms with Crippen LogP contribution in [0.4, 0.5) is 0 Å². The third kappa shape index (κ3) is 4.90. The van der Waals surface area contributed by atoms with Crippen LogP contribution in [-0.4, -0.2) is 20.9 Å². The molecule has 28 heavy (non-hydrogen) atoms. The quantitative estimate of drug-likeness (QED) is 0.610. The first-order chi connectivity index (χ1) is 13.4. The molecule has 0 spiro atoms. The van der Waals surface area contributed by atoms with Crippen molar-refractivity contribution in [2.45, 2.75) is 24.3 Å². The van der Waals surface area contributed by atoms with Crippen molar-refractivity contribution in [3.63, 3.8) is 0 Å². The summed E-state index contributed by atoms with van der Waals surface area (Å²) in [5.74, 6) is -0.223. The molecule has 1 unspecified atom stereocenters. The summed E-state index contributed by atoms with van der Waals surface area (Å²) in [5, 5.41) is 5.58. The maximum Gasteiger partial charge on any atom is 0.240 e. The van der Waals surface area contributed by atoms with Crippen LogP contribution in [0.15, 0.2) is 71.6 Å². The zero-order valence-corrected chi connectivity index (χ0v) is 16.9. The Labute approximate surface area is 169 Å². The van der Waals surface area contributed by atoms with Gasteiger partial charge in [0, 0.05) is 18.0 Å². The van der Waals surface area contributed by atoms with Crippen LogP contribution in [-0.2, 0) is 14.8 Å². The molecule has 0 heterocycles. The number of rotatable bonds is 7. The van der Waals surface area contributed by atoms with E-state index >= 15 is 0 Å². The SMILES string of the molecule is CC(NC(=O)CCNS(=O)(=O)c1ccc(Cl)cc1)c1cccc2ccccc12. The average molecular weight is 417 g/mol. The van der Waals surface area contributed by atoms with Gasteiger partial charge < -0.3 is 5.32 Å². The molecule has 1 amide bonds. The minimum Gasteiger partial charge on any atom is -0.350 e. The van der Waals surface area contributed by atoms with Gasteiger partial charge >= 0.3 is 0 Å². The number of amides is 1. The molecule has 3 aromatic carbocycles. The molecule has 0 saturated carbocycles. The van der Waals surface area contributed by atoms with Crippen LogP contribution >= 0.6 is 11.6 Å². The highest BCUT2D eigenvalue weighted by Crippen LogP contribution is 2.24. The van der Waals surface area contributed by atoms with Gasteiger partial charge in [0.1, 0.15) is 0 Å². The fraction of sp³-hybridized carbons (Fsp3) is 0.190. The molecule has 0 radical (unpaired) electrons.